The summed E-state index contributed by atoms with van der Waals surface area (Å²) in [7, 11) is -5.15. The van der Waals surface area contributed by atoms with Crippen molar-refractivity contribution < 1.29 is 12.8 Å². The minimum Gasteiger partial charge on any atom is -0.413 e. The van der Waals surface area contributed by atoms with Gasteiger partial charge in [-0.15, -0.1) is 0 Å². The maximum absolute atomic E-state index is 13.0. The van der Waals surface area contributed by atoms with E-state index in [9.17, 15) is 8.42 Å². The Morgan fingerprint density at radius 1 is 1.09 bits per heavy atom. The van der Waals surface area contributed by atoms with Crippen molar-refractivity contribution in [2.75, 3.05) is 5.75 Å². The molecular formula is C28H46O3SSi. The highest BCUT2D eigenvalue weighted by Crippen LogP contribution is 2.62. The molecule has 2 fully saturated rings. The highest BCUT2D eigenvalue weighted by Gasteiger charge is 2.57. The van der Waals surface area contributed by atoms with Gasteiger partial charge in [0, 0.05) is 0 Å². The Bertz CT molecular complexity index is 959. The van der Waals surface area contributed by atoms with Crippen LogP contribution in [0.3, 0.4) is 0 Å². The molecule has 3 rings (SSSR count). The molecule has 1 aromatic carbocycles. The summed E-state index contributed by atoms with van der Waals surface area (Å²) in [6.07, 6.45) is 5.16. The molecule has 186 valence electrons. The summed E-state index contributed by atoms with van der Waals surface area (Å²) in [6.45, 7) is 23.3. The van der Waals surface area contributed by atoms with Gasteiger partial charge in [-0.05, 0) is 85.0 Å². The van der Waals surface area contributed by atoms with Crippen LogP contribution in [-0.4, -0.2) is 28.6 Å². The fourth-order valence-electron chi connectivity index (χ4n) is 6.45. The van der Waals surface area contributed by atoms with Crippen LogP contribution in [0.5, 0.6) is 0 Å². The standard InChI is InChI=1S/C28H46O3SSi/c1-21-15-16-24-27(5,6)25(31-33(8,9)26(2,3)4)17-19-28(24,7)23(21)18-20-32(29,30)22-13-11-10-12-14-22/h10-14,23-25H,1,15-20H2,2-9H3/t23-,24-,25-,28+/m0/s1. The number of rotatable bonds is 6. The average Bonchev–Trinajstić information content (AvgIpc) is 2.69. The number of benzene rings is 1. The summed E-state index contributed by atoms with van der Waals surface area (Å²) in [5.74, 6) is 0.930. The first kappa shape index (κ1) is 26.7. The van der Waals surface area contributed by atoms with Gasteiger partial charge in [-0.2, -0.15) is 0 Å². The summed E-state index contributed by atoms with van der Waals surface area (Å²) in [6, 6.07) is 8.88. The van der Waals surface area contributed by atoms with Crippen molar-refractivity contribution in [2.45, 2.75) is 103 Å². The molecule has 33 heavy (non-hydrogen) atoms. The molecule has 0 bridgehead atoms. The third kappa shape index (κ3) is 5.06. The van der Waals surface area contributed by atoms with Crippen LogP contribution in [0, 0.1) is 22.7 Å². The van der Waals surface area contributed by atoms with E-state index in [1.807, 2.05) is 6.07 Å². The number of fused-ring (bicyclic) bond motifs is 1. The summed E-state index contributed by atoms with van der Waals surface area (Å²) < 4.78 is 33.1. The quantitative estimate of drug-likeness (QED) is 0.304. The van der Waals surface area contributed by atoms with Crippen molar-refractivity contribution in [2.24, 2.45) is 22.7 Å². The number of sulfone groups is 1. The van der Waals surface area contributed by atoms with Crippen molar-refractivity contribution in [3.05, 3.63) is 42.5 Å². The van der Waals surface area contributed by atoms with Crippen LogP contribution >= 0.6 is 0 Å². The van der Waals surface area contributed by atoms with E-state index >= 15 is 0 Å². The number of allylic oxidation sites excluding steroid dienone is 1. The van der Waals surface area contributed by atoms with Crippen molar-refractivity contribution in [1.82, 2.24) is 0 Å². The highest BCUT2D eigenvalue weighted by atomic mass is 32.2. The molecule has 2 saturated carbocycles. The molecule has 0 saturated heterocycles. The molecule has 0 spiro atoms. The summed E-state index contributed by atoms with van der Waals surface area (Å²) in [5, 5.41) is 0.193. The van der Waals surface area contributed by atoms with Crippen LogP contribution in [0.25, 0.3) is 0 Å². The molecule has 3 nitrogen and oxygen atoms in total. The molecule has 1 aromatic rings. The van der Waals surface area contributed by atoms with Crippen LogP contribution in [0.4, 0.5) is 0 Å². The van der Waals surface area contributed by atoms with E-state index in [-0.39, 0.29) is 33.6 Å². The zero-order chi connectivity index (χ0) is 24.9. The second-order valence-electron chi connectivity index (χ2n) is 13.0. The first-order valence-corrected chi connectivity index (χ1v) is 17.2. The van der Waals surface area contributed by atoms with Gasteiger partial charge >= 0.3 is 0 Å². The Hall–Kier alpha value is -0.913. The predicted octanol–water partition coefficient (Wildman–Crippen LogP) is 7.65. The van der Waals surface area contributed by atoms with Crippen LogP contribution < -0.4 is 0 Å². The summed E-state index contributed by atoms with van der Waals surface area (Å²) in [4.78, 5) is 0.430. The van der Waals surface area contributed by atoms with Crippen LogP contribution in [0.15, 0.2) is 47.4 Å². The van der Waals surface area contributed by atoms with E-state index in [2.05, 4.69) is 61.2 Å². The Morgan fingerprint density at radius 2 is 1.70 bits per heavy atom. The third-order valence-corrected chi connectivity index (χ3v) is 15.8. The maximum atomic E-state index is 13.0. The SMILES string of the molecule is C=C1CC[C@H]2C(C)(C)[C@@H](O[Si](C)(C)C(C)(C)C)CC[C@]2(C)[C@H]1CCS(=O)(=O)c1ccccc1. The molecule has 4 atom stereocenters. The molecule has 2 aliphatic carbocycles. The molecule has 0 aromatic heterocycles. The monoisotopic (exact) mass is 490 g/mol. The third-order valence-electron chi connectivity index (χ3n) is 9.53. The summed E-state index contributed by atoms with van der Waals surface area (Å²) in [5.41, 5.74) is 1.37. The highest BCUT2D eigenvalue weighted by molar-refractivity contribution is 7.91. The van der Waals surface area contributed by atoms with Gasteiger partial charge in [-0.1, -0.05) is 71.9 Å². The molecule has 5 heteroatoms. The molecule has 0 N–H and O–H groups in total. The molecule has 0 radical (unpaired) electrons. The van der Waals surface area contributed by atoms with E-state index < -0.39 is 18.2 Å². The minimum absolute atomic E-state index is 0.0553. The van der Waals surface area contributed by atoms with Gasteiger partial charge in [0.05, 0.1) is 16.8 Å². The maximum Gasteiger partial charge on any atom is 0.192 e. The fraction of sp³-hybridized carbons (Fsp3) is 0.714. The van der Waals surface area contributed by atoms with Gasteiger partial charge in [0.15, 0.2) is 18.2 Å². The molecule has 0 unspecified atom stereocenters. The Balaban J connectivity index is 1.83. The van der Waals surface area contributed by atoms with E-state index in [1.54, 1.807) is 24.3 Å². The Labute approximate surface area is 204 Å². The lowest BCUT2D eigenvalue weighted by molar-refractivity contribution is -0.118. The zero-order valence-electron chi connectivity index (χ0n) is 22.2. The fourth-order valence-corrected chi connectivity index (χ4v) is 9.29. The van der Waals surface area contributed by atoms with E-state index in [4.69, 9.17) is 4.43 Å². The summed E-state index contributed by atoms with van der Waals surface area (Å²) >= 11 is 0. The van der Waals surface area contributed by atoms with Gasteiger partial charge in [-0.25, -0.2) is 8.42 Å². The predicted molar refractivity (Wildman–Crippen MR) is 142 cm³/mol. The van der Waals surface area contributed by atoms with E-state index in [0.29, 0.717) is 17.2 Å². The largest absolute Gasteiger partial charge is 0.413 e. The van der Waals surface area contributed by atoms with Gasteiger partial charge in [-0.3, -0.25) is 0 Å². The molecule has 0 aliphatic heterocycles. The first-order chi connectivity index (χ1) is 15.0. The van der Waals surface area contributed by atoms with Gasteiger partial charge in [0.2, 0.25) is 0 Å². The second-order valence-corrected chi connectivity index (χ2v) is 19.8. The van der Waals surface area contributed by atoms with Crippen molar-refractivity contribution in [1.29, 1.82) is 0 Å². The lowest BCUT2D eigenvalue weighted by Crippen LogP contribution is -2.58. The molecule has 2 aliphatic rings. The first-order valence-electron chi connectivity index (χ1n) is 12.7. The average molecular weight is 491 g/mol. The van der Waals surface area contributed by atoms with Crippen molar-refractivity contribution in [3.63, 3.8) is 0 Å². The topological polar surface area (TPSA) is 43.4 Å². The smallest absolute Gasteiger partial charge is 0.192 e. The van der Waals surface area contributed by atoms with Gasteiger partial charge < -0.3 is 4.43 Å². The lowest BCUT2D eigenvalue weighted by Gasteiger charge is -2.61. The van der Waals surface area contributed by atoms with Crippen LogP contribution in [-0.2, 0) is 14.3 Å². The normalized spacial score (nSPS) is 30.7. The van der Waals surface area contributed by atoms with E-state index in [0.717, 1.165) is 25.7 Å². The molecule has 0 heterocycles. The van der Waals surface area contributed by atoms with Gasteiger partial charge in [0.1, 0.15) is 0 Å². The minimum atomic E-state index is -3.29. The number of hydrogen-bond acceptors (Lipinski definition) is 3. The Morgan fingerprint density at radius 3 is 2.27 bits per heavy atom. The zero-order valence-corrected chi connectivity index (χ0v) is 24.0. The lowest BCUT2D eigenvalue weighted by atomic mass is 9.46. The molecule has 0 amide bonds. The van der Waals surface area contributed by atoms with Crippen molar-refractivity contribution >= 4 is 18.2 Å². The second kappa shape index (κ2) is 8.95. The van der Waals surface area contributed by atoms with Crippen LogP contribution in [0.1, 0.15) is 73.6 Å². The van der Waals surface area contributed by atoms with Gasteiger partial charge in [0.25, 0.3) is 0 Å². The van der Waals surface area contributed by atoms with Crippen LogP contribution in [0.2, 0.25) is 18.1 Å². The van der Waals surface area contributed by atoms with Crippen molar-refractivity contribution in [3.8, 4) is 0 Å². The molecular weight excluding hydrogens is 444 g/mol. The van der Waals surface area contributed by atoms with E-state index in [1.165, 1.54) is 5.57 Å². The number of hydrogen-bond donors (Lipinski definition) is 0. The Kier molecular flexibility index (Phi) is 7.23.